The molecule has 0 radical (unpaired) electrons. The second kappa shape index (κ2) is 10.7. The number of hydrogen-bond donors (Lipinski definition) is 1. The van der Waals surface area contributed by atoms with Gasteiger partial charge < -0.3 is 24.4 Å². The number of benzene rings is 1. The molecule has 9 nitrogen and oxygen atoms in total. The van der Waals surface area contributed by atoms with Crippen molar-refractivity contribution in [1.82, 2.24) is 14.9 Å². The van der Waals surface area contributed by atoms with Crippen LogP contribution in [0.5, 0.6) is 5.88 Å². The molecule has 3 heterocycles. The number of amides is 1. The average Bonchev–Trinajstić information content (AvgIpc) is 2.84. The number of nitrogens with zero attached hydrogens (tertiary/aromatic N) is 4. The summed E-state index contributed by atoms with van der Waals surface area (Å²) >= 11 is 6.34. The highest BCUT2D eigenvalue weighted by Gasteiger charge is 2.50. The molecule has 198 valence electrons. The number of carbonyl (C=O) groups excluding carboxylic acids is 1. The Bertz CT molecular complexity index is 1180. The lowest BCUT2D eigenvalue weighted by Crippen LogP contribution is -2.63. The van der Waals surface area contributed by atoms with Gasteiger partial charge in [-0.2, -0.15) is 5.26 Å². The number of nitrogens with one attached hydrogen (secondary N) is 1. The molecule has 1 N–H and O–H groups in total. The minimum Gasteiger partial charge on any atom is -0.473 e. The van der Waals surface area contributed by atoms with Gasteiger partial charge in [-0.3, -0.25) is 0 Å². The maximum atomic E-state index is 12.9. The molecule has 37 heavy (non-hydrogen) atoms. The Hall–Kier alpha value is -3.09. The van der Waals surface area contributed by atoms with Gasteiger partial charge in [-0.1, -0.05) is 32.4 Å². The van der Waals surface area contributed by atoms with E-state index < -0.39 is 0 Å². The van der Waals surface area contributed by atoms with Gasteiger partial charge in [-0.15, -0.1) is 0 Å². The number of nitriles is 1. The minimum absolute atomic E-state index is 0.0455. The van der Waals surface area contributed by atoms with Crippen molar-refractivity contribution in [3.8, 4) is 11.9 Å². The Labute approximate surface area is 223 Å². The van der Waals surface area contributed by atoms with Crippen LogP contribution >= 0.6 is 11.6 Å². The third-order valence-corrected chi connectivity index (χ3v) is 7.18. The molecule has 2 aromatic rings. The number of fused-ring (bicyclic) bond motifs is 2. The van der Waals surface area contributed by atoms with E-state index in [-0.39, 0.29) is 41.7 Å². The number of ether oxygens (including phenoxy) is 3. The van der Waals surface area contributed by atoms with Crippen LogP contribution in [0.15, 0.2) is 24.5 Å². The van der Waals surface area contributed by atoms with Crippen molar-refractivity contribution in [2.24, 2.45) is 17.3 Å². The highest BCUT2D eigenvalue weighted by molar-refractivity contribution is 6.33. The number of likely N-dealkylation sites (tertiary alicyclic amines) is 1. The molecule has 2 saturated heterocycles. The van der Waals surface area contributed by atoms with Crippen molar-refractivity contribution in [2.45, 2.75) is 59.9 Å². The maximum absolute atomic E-state index is 12.9. The fourth-order valence-corrected chi connectivity index (χ4v) is 5.02. The van der Waals surface area contributed by atoms with Crippen molar-refractivity contribution < 1.29 is 19.0 Å². The summed E-state index contributed by atoms with van der Waals surface area (Å²) in [5, 5.41) is 12.7. The molecular weight excluding hydrogens is 494 g/mol. The van der Waals surface area contributed by atoms with Gasteiger partial charge in [0.2, 0.25) is 5.88 Å². The summed E-state index contributed by atoms with van der Waals surface area (Å²) in [6.45, 7) is 13.4. The van der Waals surface area contributed by atoms with Crippen molar-refractivity contribution in [1.29, 1.82) is 5.26 Å². The molecule has 4 rings (SSSR count). The van der Waals surface area contributed by atoms with E-state index in [1.807, 2.05) is 41.5 Å². The van der Waals surface area contributed by atoms with E-state index >= 15 is 0 Å². The highest BCUT2D eigenvalue weighted by atomic mass is 35.5. The lowest BCUT2D eigenvalue weighted by Gasteiger charge is -2.51. The number of carbonyl (C=O) groups is 1. The van der Waals surface area contributed by atoms with E-state index in [0.29, 0.717) is 47.7 Å². The molecule has 4 unspecified atom stereocenters. The van der Waals surface area contributed by atoms with Crippen molar-refractivity contribution in [3.63, 3.8) is 0 Å². The van der Waals surface area contributed by atoms with E-state index in [2.05, 4.69) is 21.4 Å². The molecule has 2 aliphatic heterocycles. The van der Waals surface area contributed by atoms with E-state index in [4.69, 9.17) is 31.1 Å². The second-order valence-electron chi connectivity index (χ2n) is 11.1. The number of halogens is 1. The lowest BCUT2D eigenvalue weighted by atomic mass is 9.77. The Balaban J connectivity index is 1.53. The van der Waals surface area contributed by atoms with Gasteiger partial charge in [-0.25, -0.2) is 14.8 Å². The number of aromatic nitrogens is 2. The van der Waals surface area contributed by atoms with Crippen molar-refractivity contribution in [3.05, 3.63) is 40.7 Å². The number of rotatable bonds is 5. The standard InChI is InChI=1S/C27H34ClN5O4/c1-15-24(32-22-8-7-18(10-29)9-21(22)28)30-14-31-25(15)37-23-19-11-33(26(34)35-13-27(4,5)6)12-20(23)17(3)36-16(19)2/h7-9,14,16-17,19-20,23H,11-13H2,1-6H3,(H,30,31,32). The number of hydrogen-bond acceptors (Lipinski definition) is 8. The SMILES string of the molecule is Cc1c(Nc2ccc(C#N)cc2Cl)ncnc1OC1C2CN(C(=O)OCC(C)(C)C)CC1C(C)OC2C. The molecular formula is C27H34ClN5O4. The second-order valence-corrected chi connectivity index (χ2v) is 11.5. The molecule has 0 spiro atoms. The number of piperidine rings is 1. The van der Waals surface area contributed by atoms with Gasteiger partial charge in [0.05, 0.1) is 46.7 Å². The minimum atomic E-state index is -0.298. The summed E-state index contributed by atoms with van der Waals surface area (Å²) in [5.74, 6) is 0.932. The fourth-order valence-electron chi connectivity index (χ4n) is 4.80. The van der Waals surface area contributed by atoms with Crippen molar-refractivity contribution >= 4 is 29.2 Å². The van der Waals surface area contributed by atoms with E-state index in [1.165, 1.54) is 6.33 Å². The Morgan fingerprint density at radius 2 is 1.92 bits per heavy atom. The largest absolute Gasteiger partial charge is 0.473 e. The molecule has 1 aromatic carbocycles. The molecule has 4 atom stereocenters. The van der Waals surface area contributed by atoms with Crippen LogP contribution in [0.25, 0.3) is 0 Å². The Kier molecular flexibility index (Phi) is 7.81. The molecule has 0 aliphatic carbocycles. The van der Waals surface area contributed by atoms with Crippen LogP contribution in [0.2, 0.25) is 5.02 Å². The molecule has 1 amide bonds. The van der Waals surface area contributed by atoms with Gasteiger partial charge >= 0.3 is 6.09 Å². The topological polar surface area (TPSA) is 110 Å². The first kappa shape index (κ1) is 27.0. The normalized spacial score (nSPS) is 25.2. The zero-order valence-corrected chi connectivity index (χ0v) is 22.9. The smallest absolute Gasteiger partial charge is 0.409 e. The Morgan fingerprint density at radius 1 is 1.24 bits per heavy atom. The van der Waals surface area contributed by atoms with Crippen LogP contribution in [-0.4, -0.2) is 59.0 Å². The zero-order valence-electron chi connectivity index (χ0n) is 22.1. The Morgan fingerprint density at radius 3 is 2.51 bits per heavy atom. The highest BCUT2D eigenvalue weighted by Crippen LogP contribution is 2.39. The van der Waals surface area contributed by atoms with Gasteiger partial charge in [0, 0.05) is 24.9 Å². The van der Waals surface area contributed by atoms with E-state index in [9.17, 15) is 4.79 Å². The van der Waals surface area contributed by atoms with Crippen LogP contribution in [0, 0.1) is 35.5 Å². The lowest BCUT2D eigenvalue weighted by molar-refractivity contribution is -0.180. The molecule has 10 heteroatoms. The first-order valence-corrected chi connectivity index (χ1v) is 12.9. The average molecular weight is 528 g/mol. The first-order chi connectivity index (χ1) is 17.5. The van der Waals surface area contributed by atoms with Crippen LogP contribution in [-0.2, 0) is 9.47 Å². The van der Waals surface area contributed by atoms with Crippen molar-refractivity contribution in [2.75, 3.05) is 25.0 Å². The van der Waals surface area contributed by atoms with Crippen LogP contribution in [0.4, 0.5) is 16.3 Å². The maximum Gasteiger partial charge on any atom is 0.409 e. The first-order valence-electron chi connectivity index (χ1n) is 12.5. The molecule has 2 bridgehead atoms. The van der Waals surface area contributed by atoms with Gasteiger partial charge in [0.25, 0.3) is 0 Å². The molecule has 0 saturated carbocycles. The summed E-state index contributed by atoms with van der Waals surface area (Å²) < 4.78 is 18.3. The summed E-state index contributed by atoms with van der Waals surface area (Å²) in [6, 6.07) is 7.10. The molecule has 1 aromatic heterocycles. The van der Waals surface area contributed by atoms with Crippen LogP contribution in [0.3, 0.4) is 0 Å². The van der Waals surface area contributed by atoms with Gasteiger partial charge in [0.1, 0.15) is 18.2 Å². The summed E-state index contributed by atoms with van der Waals surface area (Å²) in [7, 11) is 0. The fraction of sp³-hybridized carbons (Fsp3) is 0.556. The summed E-state index contributed by atoms with van der Waals surface area (Å²) in [6.07, 6.45) is 0.748. The van der Waals surface area contributed by atoms with Gasteiger partial charge in [-0.05, 0) is 44.4 Å². The molecule has 2 fully saturated rings. The number of anilines is 2. The van der Waals surface area contributed by atoms with Crippen LogP contribution < -0.4 is 10.1 Å². The quantitative estimate of drug-likeness (QED) is 0.555. The van der Waals surface area contributed by atoms with E-state index in [0.717, 1.165) is 5.56 Å². The third-order valence-electron chi connectivity index (χ3n) is 6.87. The summed E-state index contributed by atoms with van der Waals surface area (Å²) in [4.78, 5) is 23.4. The predicted octanol–water partition coefficient (Wildman–Crippen LogP) is 5.34. The monoisotopic (exact) mass is 527 g/mol. The third kappa shape index (κ3) is 6.08. The summed E-state index contributed by atoms with van der Waals surface area (Å²) in [5.41, 5.74) is 1.73. The predicted molar refractivity (Wildman–Crippen MR) is 140 cm³/mol. The van der Waals surface area contributed by atoms with Crippen LogP contribution in [0.1, 0.15) is 45.7 Å². The van der Waals surface area contributed by atoms with Gasteiger partial charge in [0.15, 0.2) is 0 Å². The zero-order chi connectivity index (χ0) is 26.9. The molecule has 2 aliphatic rings. The van der Waals surface area contributed by atoms with E-state index in [1.54, 1.807) is 23.1 Å².